The Morgan fingerprint density at radius 3 is 1.84 bits per heavy atom. The van der Waals surface area contributed by atoms with Gasteiger partial charge in [-0.05, 0) is 103 Å². The third-order valence-electron chi connectivity index (χ3n) is 12.1. The molecule has 2 amide bonds. The zero-order valence-electron chi connectivity index (χ0n) is 37.7. The molecule has 0 saturated heterocycles. The third kappa shape index (κ3) is 13.6. The van der Waals surface area contributed by atoms with Crippen molar-refractivity contribution in [3.05, 3.63) is 60.3 Å². The number of rotatable bonds is 10. The fourth-order valence-electron chi connectivity index (χ4n) is 8.12. The second-order valence-electron chi connectivity index (χ2n) is 19.1. The highest BCUT2D eigenvalue weighted by molar-refractivity contribution is 5.87. The van der Waals surface area contributed by atoms with E-state index in [0.717, 1.165) is 58.1 Å². The second kappa shape index (κ2) is 21.1. The van der Waals surface area contributed by atoms with Gasteiger partial charge < -0.3 is 25.7 Å². The number of aromatic nitrogens is 4. The Morgan fingerprint density at radius 2 is 1.31 bits per heavy atom. The molecular weight excluding hydrogens is 797 g/mol. The van der Waals surface area contributed by atoms with Gasteiger partial charge in [-0.3, -0.25) is 9.59 Å². The molecule has 340 valence electrons. The highest BCUT2D eigenvalue weighted by Crippen LogP contribution is 2.60. The van der Waals surface area contributed by atoms with Gasteiger partial charge in [0.25, 0.3) is 0 Å². The van der Waals surface area contributed by atoms with Gasteiger partial charge in [0.05, 0.1) is 47.0 Å². The summed E-state index contributed by atoms with van der Waals surface area (Å²) < 4.78 is 52.9. The number of carbonyl (C=O) groups excluding carboxylic acids is 2. The summed E-state index contributed by atoms with van der Waals surface area (Å²) in [4.78, 5) is 38.9. The molecule has 4 aliphatic carbocycles. The number of benzene rings is 2. The van der Waals surface area contributed by atoms with Crippen LogP contribution < -0.4 is 10.6 Å². The lowest BCUT2D eigenvalue weighted by molar-refractivity contribution is -0.156. The van der Waals surface area contributed by atoms with E-state index in [0.29, 0.717) is 48.8 Å². The van der Waals surface area contributed by atoms with Crippen LogP contribution in [0.3, 0.4) is 0 Å². The van der Waals surface area contributed by atoms with Crippen molar-refractivity contribution in [1.29, 1.82) is 0 Å². The topological polar surface area (TPSA) is 136 Å². The van der Waals surface area contributed by atoms with Gasteiger partial charge in [-0.15, -0.1) is 12.8 Å². The molecule has 4 fully saturated rings. The van der Waals surface area contributed by atoms with Crippen LogP contribution >= 0.6 is 0 Å². The molecular formula is C49H68F4N6O3. The number of fused-ring (bicyclic) bond motifs is 1. The average molecular weight is 865 g/mol. The van der Waals surface area contributed by atoms with Crippen LogP contribution in [-0.4, -0.2) is 54.8 Å². The normalized spacial score (nSPS) is 19.7. The Morgan fingerprint density at radius 1 is 0.774 bits per heavy atom. The zero-order valence-corrected chi connectivity index (χ0v) is 37.7. The summed E-state index contributed by atoms with van der Waals surface area (Å²) in [5.74, 6) is -1.91. The number of aromatic amines is 2. The maximum Gasteiger partial charge on any atom is 0.248 e. The Labute approximate surface area is 365 Å². The molecule has 13 heteroatoms. The van der Waals surface area contributed by atoms with Crippen LogP contribution in [-0.2, 0) is 22.7 Å². The van der Waals surface area contributed by atoms with Crippen molar-refractivity contribution >= 4 is 23.4 Å². The van der Waals surface area contributed by atoms with Crippen LogP contribution in [0, 0.1) is 41.4 Å². The van der Waals surface area contributed by atoms with Gasteiger partial charge in [-0.2, -0.15) is 0 Å². The molecule has 0 atom stereocenters. The van der Waals surface area contributed by atoms with E-state index in [9.17, 15) is 32.3 Å². The van der Waals surface area contributed by atoms with Gasteiger partial charge in [0.1, 0.15) is 11.6 Å². The SMILES string of the molecule is C#C.CC(C)C.CC(C)C.CC1(C2CCC(F)(F)CC2)CC1.O=CNCc1ncc(-c2ccc(-c3ccc4nc(CNC(=O)C5(C6(O)CCC(F)(F)CC6)CC5)[nH]c4c3)cc2)[nH]1. The van der Waals surface area contributed by atoms with Gasteiger partial charge in [0.2, 0.25) is 24.2 Å². The van der Waals surface area contributed by atoms with Crippen molar-refractivity contribution < 1.29 is 32.3 Å². The first-order chi connectivity index (χ1) is 29.2. The number of H-pyrrole nitrogens is 2. The van der Waals surface area contributed by atoms with E-state index in [1.54, 1.807) is 6.20 Å². The van der Waals surface area contributed by atoms with Crippen molar-refractivity contribution in [3.8, 4) is 35.2 Å². The lowest BCUT2D eigenvalue weighted by atomic mass is 9.71. The Kier molecular flexibility index (Phi) is 17.0. The van der Waals surface area contributed by atoms with E-state index in [1.807, 2.05) is 42.5 Å². The maximum absolute atomic E-state index is 13.6. The van der Waals surface area contributed by atoms with E-state index >= 15 is 0 Å². The molecule has 0 bridgehead atoms. The zero-order chi connectivity index (χ0) is 45.9. The summed E-state index contributed by atoms with van der Waals surface area (Å²) in [6.07, 6.45) is 14.8. The monoisotopic (exact) mass is 865 g/mol. The summed E-state index contributed by atoms with van der Waals surface area (Å²) in [5, 5.41) is 16.6. The lowest BCUT2D eigenvalue weighted by Gasteiger charge is -2.41. The van der Waals surface area contributed by atoms with Crippen LogP contribution in [0.25, 0.3) is 33.4 Å². The molecule has 4 saturated carbocycles. The Balaban J connectivity index is 0.000000315. The van der Waals surface area contributed by atoms with Gasteiger partial charge >= 0.3 is 0 Å². The van der Waals surface area contributed by atoms with E-state index < -0.39 is 35.7 Å². The number of halogens is 4. The van der Waals surface area contributed by atoms with Crippen LogP contribution in [0.1, 0.15) is 137 Å². The van der Waals surface area contributed by atoms with Crippen molar-refractivity contribution in [1.82, 2.24) is 30.6 Å². The molecule has 8 rings (SSSR count). The van der Waals surface area contributed by atoms with Gasteiger partial charge in [-0.25, -0.2) is 27.5 Å². The number of nitrogens with one attached hydrogen (secondary N) is 4. The molecule has 0 unspecified atom stereocenters. The van der Waals surface area contributed by atoms with Gasteiger partial charge in [0, 0.05) is 25.7 Å². The number of hydrogen-bond acceptors (Lipinski definition) is 5. The molecule has 5 N–H and O–H groups in total. The number of hydrogen-bond donors (Lipinski definition) is 5. The maximum atomic E-state index is 13.6. The first kappa shape index (κ1) is 50.0. The van der Waals surface area contributed by atoms with Crippen molar-refractivity contribution in [2.75, 3.05) is 0 Å². The molecule has 0 radical (unpaired) electrons. The number of imidazole rings is 2. The number of nitrogens with zero attached hydrogens (tertiary/aromatic N) is 2. The first-order valence-electron chi connectivity index (χ1n) is 22.1. The van der Waals surface area contributed by atoms with Gasteiger partial charge in [-0.1, -0.05) is 78.8 Å². The standard InChI is InChI=1S/C29H30F2N6O3.C10H16F2.2C4H10.C2H2/c30-29(31)11-9-28(40,10-12-29)27(7-8-27)26(39)34-16-25-35-21-6-5-20(13-22(21)36-25)18-1-3-19(4-2-18)23-14-33-24(37-23)15-32-17-38;1-9(6-7-9)8-2-4-10(11,12)5-3-8;2*1-4(2)3;1-2/h1-6,13-14,17,40H,7-12,15-16H2,(H,32,38)(H,33,37)(H,34,39)(H,35,36);8H,2-7H2,1H3;2*4H,1-3H3;1-2H. The summed E-state index contributed by atoms with van der Waals surface area (Å²) in [5.41, 5.74) is 3.49. The fourth-order valence-corrected chi connectivity index (χ4v) is 8.12. The molecule has 0 aliphatic heterocycles. The predicted octanol–water partition coefficient (Wildman–Crippen LogP) is 11.4. The highest BCUT2D eigenvalue weighted by Gasteiger charge is 2.65. The molecule has 4 aromatic rings. The number of carbonyl (C=O) groups is 2. The predicted molar refractivity (Wildman–Crippen MR) is 239 cm³/mol. The molecule has 2 aromatic carbocycles. The number of amides is 2. The van der Waals surface area contributed by atoms with Crippen LogP contribution in [0.5, 0.6) is 0 Å². The van der Waals surface area contributed by atoms with Crippen LogP contribution in [0.2, 0.25) is 0 Å². The van der Waals surface area contributed by atoms with E-state index in [4.69, 9.17) is 0 Å². The molecule has 0 spiro atoms. The quantitative estimate of drug-likeness (QED) is 0.0614. The highest BCUT2D eigenvalue weighted by atomic mass is 19.3. The fraction of sp³-hybridized carbons (Fsp3) is 0.592. The van der Waals surface area contributed by atoms with Crippen LogP contribution in [0.15, 0.2) is 48.7 Å². The molecule has 2 heterocycles. The van der Waals surface area contributed by atoms with Crippen molar-refractivity contribution in [3.63, 3.8) is 0 Å². The van der Waals surface area contributed by atoms with E-state index in [-0.39, 0.29) is 38.1 Å². The smallest absolute Gasteiger partial charge is 0.248 e. The van der Waals surface area contributed by atoms with E-state index in [2.05, 4.69) is 91.9 Å². The molecule has 4 aliphatic rings. The Bertz CT molecular complexity index is 2030. The summed E-state index contributed by atoms with van der Waals surface area (Å²) in [6, 6.07) is 13.9. The number of aliphatic hydroxyl groups is 1. The summed E-state index contributed by atoms with van der Waals surface area (Å²) in [7, 11) is 0. The second-order valence-corrected chi connectivity index (χ2v) is 19.1. The largest absolute Gasteiger partial charge is 0.389 e. The first-order valence-corrected chi connectivity index (χ1v) is 22.1. The van der Waals surface area contributed by atoms with Crippen LogP contribution in [0.4, 0.5) is 17.6 Å². The van der Waals surface area contributed by atoms with E-state index in [1.165, 1.54) is 12.8 Å². The minimum Gasteiger partial charge on any atom is -0.389 e. The minimum absolute atomic E-state index is 0.0658. The molecule has 2 aromatic heterocycles. The number of terminal acetylenes is 1. The average Bonchev–Trinajstić information content (AvgIpc) is 4.10. The third-order valence-corrected chi connectivity index (χ3v) is 12.1. The summed E-state index contributed by atoms with van der Waals surface area (Å²) >= 11 is 0. The summed E-state index contributed by atoms with van der Waals surface area (Å²) in [6.45, 7) is 15.7. The van der Waals surface area contributed by atoms with Crippen molar-refractivity contribution in [2.24, 2.45) is 28.6 Å². The Hall–Kier alpha value is -4.70. The number of alkyl halides is 4. The van der Waals surface area contributed by atoms with Gasteiger partial charge in [0.15, 0.2) is 0 Å². The molecule has 9 nitrogen and oxygen atoms in total. The minimum atomic E-state index is -2.77. The lowest BCUT2D eigenvalue weighted by Crippen LogP contribution is -2.52. The molecule has 62 heavy (non-hydrogen) atoms. The van der Waals surface area contributed by atoms with Crippen molar-refractivity contribution in [2.45, 2.75) is 156 Å².